The van der Waals surface area contributed by atoms with E-state index in [1.165, 1.54) is 6.92 Å². The Hall–Kier alpha value is -1.57. The maximum absolute atomic E-state index is 13.4. The number of likely N-dealkylation sites (tertiary alicyclic amines) is 1. The van der Waals surface area contributed by atoms with Crippen LogP contribution >= 0.6 is 0 Å². The summed E-state index contributed by atoms with van der Waals surface area (Å²) in [5.74, 6) is -2.42. The molecule has 1 saturated heterocycles. The van der Waals surface area contributed by atoms with Gasteiger partial charge >= 0.3 is 0 Å². The average Bonchev–Trinajstić information content (AvgIpc) is 2.84. The van der Waals surface area contributed by atoms with Crippen LogP contribution in [0.25, 0.3) is 0 Å². The first-order valence-corrected chi connectivity index (χ1v) is 7.50. The first-order chi connectivity index (χ1) is 10.4. The maximum Gasteiger partial charge on any atom is 0.248 e. The van der Waals surface area contributed by atoms with Gasteiger partial charge in [0.1, 0.15) is 6.61 Å². The summed E-state index contributed by atoms with van der Waals surface area (Å²) in [7, 11) is 0. The molecule has 8 heteroatoms. The van der Waals surface area contributed by atoms with Gasteiger partial charge in [0.15, 0.2) is 0 Å². The van der Waals surface area contributed by atoms with Crippen molar-refractivity contribution in [3.8, 4) is 0 Å². The summed E-state index contributed by atoms with van der Waals surface area (Å²) in [6.07, 6.45) is 0.787. The molecule has 1 aliphatic heterocycles. The molecule has 1 aromatic rings. The lowest BCUT2D eigenvalue weighted by atomic mass is 9.86. The molecule has 1 saturated carbocycles. The van der Waals surface area contributed by atoms with Crippen molar-refractivity contribution in [1.82, 2.24) is 15.1 Å². The minimum absolute atomic E-state index is 0.0261. The van der Waals surface area contributed by atoms with Gasteiger partial charge in [0.25, 0.3) is 0 Å². The Morgan fingerprint density at radius 1 is 1.45 bits per heavy atom. The second-order valence-electron chi connectivity index (χ2n) is 6.04. The van der Waals surface area contributed by atoms with Gasteiger partial charge in [0.2, 0.25) is 23.6 Å². The zero-order valence-corrected chi connectivity index (χ0v) is 12.4. The number of carbonyl (C=O) groups excluding carboxylic acids is 1. The molecule has 1 aromatic heterocycles. The number of aromatic nitrogens is 2. The number of carbonyl (C=O) groups is 1. The van der Waals surface area contributed by atoms with Crippen molar-refractivity contribution in [2.45, 2.75) is 57.2 Å². The van der Waals surface area contributed by atoms with Gasteiger partial charge < -0.3 is 14.1 Å². The molecule has 2 fully saturated rings. The molecule has 22 heavy (non-hydrogen) atoms. The van der Waals surface area contributed by atoms with Crippen molar-refractivity contribution >= 4 is 5.91 Å². The summed E-state index contributed by atoms with van der Waals surface area (Å²) < 4.78 is 37.8. The minimum atomic E-state index is -2.64. The number of amides is 1. The normalized spacial score (nSPS) is 25.0. The highest BCUT2D eigenvalue weighted by atomic mass is 19.3. The Morgan fingerprint density at radius 3 is 2.91 bits per heavy atom. The minimum Gasteiger partial charge on any atom is -0.422 e. The molecule has 1 atom stereocenters. The van der Waals surface area contributed by atoms with Crippen molar-refractivity contribution < 1.29 is 22.7 Å². The maximum atomic E-state index is 13.4. The SMILES string of the molecule is CC(=O)N1CC(OCc2nnc(C3CCCC(F)(F)C3)o2)C1. The summed E-state index contributed by atoms with van der Waals surface area (Å²) in [5.41, 5.74) is 0. The molecular weight excluding hydrogens is 296 g/mol. The van der Waals surface area contributed by atoms with E-state index in [9.17, 15) is 13.6 Å². The first kappa shape index (κ1) is 15.3. The van der Waals surface area contributed by atoms with E-state index in [-0.39, 0.29) is 43.3 Å². The van der Waals surface area contributed by atoms with Crippen LogP contribution < -0.4 is 0 Å². The molecule has 6 nitrogen and oxygen atoms in total. The fourth-order valence-corrected chi connectivity index (χ4v) is 2.86. The number of hydrogen-bond donors (Lipinski definition) is 0. The van der Waals surface area contributed by atoms with E-state index >= 15 is 0 Å². The van der Waals surface area contributed by atoms with Crippen LogP contribution in [0.5, 0.6) is 0 Å². The van der Waals surface area contributed by atoms with Crippen LogP contribution in [0, 0.1) is 0 Å². The second-order valence-corrected chi connectivity index (χ2v) is 6.04. The highest BCUT2D eigenvalue weighted by Gasteiger charge is 2.39. The fourth-order valence-electron chi connectivity index (χ4n) is 2.86. The molecule has 122 valence electrons. The Morgan fingerprint density at radius 2 is 2.23 bits per heavy atom. The topological polar surface area (TPSA) is 68.5 Å². The molecular formula is C14H19F2N3O3. The zero-order chi connectivity index (χ0) is 15.7. The lowest BCUT2D eigenvalue weighted by Gasteiger charge is -2.37. The molecule has 2 aliphatic rings. The standard InChI is InChI=1S/C14H19F2N3O3/c1-9(20)19-6-11(7-19)21-8-12-17-18-13(22-12)10-3-2-4-14(15,16)5-10/h10-11H,2-8H2,1H3. The van der Waals surface area contributed by atoms with E-state index in [0.29, 0.717) is 31.8 Å². The molecule has 1 unspecified atom stereocenters. The lowest BCUT2D eigenvalue weighted by Crippen LogP contribution is -2.53. The van der Waals surface area contributed by atoms with E-state index in [1.54, 1.807) is 4.90 Å². The smallest absolute Gasteiger partial charge is 0.248 e. The molecule has 0 N–H and O–H groups in total. The lowest BCUT2D eigenvalue weighted by molar-refractivity contribution is -0.144. The van der Waals surface area contributed by atoms with E-state index in [4.69, 9.17) is 9.15 Å². The third-order valence-corrected chi connectivity index (χ3v) is 4.21. The van der Waals surface area contributed by atoms with E-state index in [0.717, 1.165) is 0 Å². The molecule has 0 spiro atoms. The van der Waals surface area contributed by atoms with Gasteiger partial charge in [-0.25, -0.2) is 8.78 Å². The number of hydrogen-bond acceptors (Lipinski definition) is 5. The highest BCUT2D eigenvalue weighted by molar-refractivity contribution is 5.74. The van der Waals surface area contributed by atoms with Crippen molar-refractivity contribution in [2.24, 2.45) is 0 Å². The average molecular weight is 315 g/mol. The summed E-state index contributed by atoms with van der Waals surface area (Å²) in [5, 5.41) is 7.73. The van der Waals surface area contributed by atoms with Gasteiger partial charge in [-0.15, -0.1) is 10.2 Å². The van der Waals surface area contributed by atoms with Crippen LogP contribution in [-0.4, -0.2) is 46.1 Å². The van der Waals surface area contributed by atoms with Crippen LogP contribution in [0.4, 0.5) is 8.78 Å². The molecule has 1 amide bonds. The number of halogens is 2. The van der Waals surface area contributed by atoms with Gasteiger partial charge in [-0.05, 0) is 12.8 Å². The monoisotopic (exact) mass is 315 g/mol. The quantitative estimate of drug-likeness (QED) is 0.851. The Labute approximate surface area is 126 Å². The van der Waals surface area contributed by atoms with Crippen LogP contribution in [0.15, 0.2) is 4.42 Å². The fraction of sp³-hybridized carbons (Fsp3) is 0.786. The third-order valence-electron chi connectivity index (χ3n) is 4.21. The van der Waals surface area contributed by atoms with Gasteiger partial charge in [-0.3, -0.25) is 4.79 Å². The van der Waals surface area contributed by atoms with E-state index in [2.05, 4.69) is 10.2 Å². The first-order valence-electron chi connectivity index (χ1n) is 7.50. The number of alkyl halides is 2. The Balaban J connectivity index is 1.48. The van der Waals surface area contributed by atoms with E-state index < -0.39 is 5.92 Å². The molecule has 2 heterocycles. The Bertz CT molecular complexity index is 543. The number of rotatable bonds is 4. The molecule has 3 rings (SSSR count). The predicted octanol–water partition coefficient (Wildman–Crippen LogP) is 2.11. The van der Waals surface area contributed by atoms with Crippen LogP contribution in [-0.2, 0) is 16.1 Å². The highest BCUT2D eigenvalue weighted by Crippen LogP contribution is 2.41. The van der Waals surface area contributed by atoms with Crippen LogP contribution in [0.2, 0.25) is 0 Å². The van der Waals surface area contributed by atoms with E-state index in [1.807, 2.05) is 0 Å². The Kier molecular flexibility index (Phi) is 4.12. The molecule has 0 bridgehead atoms. The van der Waals surface area contributed by atoms with Crippen molar-refractivity contribution in [2.75, 3.05) is 13.1 Å². The van der Waals surface area contributed by atoms with Crippen LogP contribution in [0.1, 0.15) is 50.3 Å². The number of ether oxygens (including phenoxy) is 1. The van der Waals surface area contributed by atoms with Crippen molar-refractivity contribution in [3.63, 3.8) is 0 Å². The molecule has 0 aromatic carbocycles. The van der Waals surface area contributed by atoms with Crippen LogP contribution in [0.3, 0.4) is 0 Å². The summed E-state index contributed by atoms with van der Waals surface area (Å²) >= 11 is 0. The van der Waals surface area contributed by atoms with Gasteiger partial charge in [-0.2, -0.15) is 0 Å². The summed E-state index contributed by atoms with van der Waals surface area (Å²) in [6.45, 7) is 2.78. The zero-order valence-electron chi connectivity index (χ0n) is 12.4. The van der Waals surface area contributed by atoms with Gasteiger partial charge in [0.05, 0.1) is 6.10 Å². The van der Waals surface area contributed by atoms with Crippen molar-refractivity contribution in [3.05, 3.63) is 11.8 Å². The third kappa shape index (κ3) is 3.43. The van der Waals surface area contributed by atoms with Gasteiger partial charge in [0, 0.05) is 38.8 Å². The van der Waals surface area contributed by atoms with Crippen molar-refractivity contribution in [1.29, 1.82) is 0 Å². The molecule has 0 radical (unpaired) electrons. The molecule has 1 aliphatic carbocycles. The summed E-state index contributed by atoms with van der Waals surface area (Å²) in [6, 6.07) is 0. The summed E-state index contributed by atoms with van der Waals surface area (Å²) in [4.78, 5) is 12.7. The number of nitrogens with zero attached hydrogens (tertiary/aromatic N) is 3. The predicted molar refractivity (Wildman–Crippen MR) is 71.3 cm³/mol. The largest absolute Gasteiger partial charge is 0.422 e. The van der Waals surface area contributed by atoms with Gasteiger partial charge in [-0.1, -0.05) is 0 Å². The second kappa shape index (κ2) is 5.91.